The van der Waals surface area contributed by atoms with Crippen LogP contribution in [0.25, 0.3) is 0 Å². The predicted octanol–water partition coefficient (Wildman–Crippen LogP) is -3.07. The van der Waals surface area contributed by atoms with Crippen molar-refractivity contribution >= 4 is 0 Å². The van der Waals surface area contributed by atoms with E-state index in [2.05, 4.69) is 9.80 Å². The molecular formula is C20H46N4O6. The Morgan fingerprint density at radius 3 is 0.667 bits per heavy atom. The Morgan fingerprint density at radius 2 is 0.467 bits per heavy atom. The quantitative estimate of drug-likeness (QED) is 0.0976. The number of nitrogens with zero attached hydrogens (tertiary/aromatic N) is 4. The van der Waals surface area contributed by atoms with E-state index in [0.29, 0.717) is 39.3 Å². The second kappa shape index (κ2) is 21.8. The van der Waals surface area contributed by atoms with Gasteiger partial charge in [0, 0.05) is 52.4 Å². The van der Waals surface area contributed by atoms with Crippen molar-refractivity contribution in [3.05, 3.63) is 0 Å². The summed E-state index contributed by atoms with van der Waals surface area (Å²) in [5.41, 5.74) is 0. The van der Waals surface area contributed by atoms with E-state index < -0.39 is 0 Å². The van der Waals surface area contributed by atoms with Crippen LogP contribution in [0, 0.1) is 0 Å². The van der Waals surface area contributed by atoms with Crippen molar-refractivity contribution in [3.63, 3.8) is 0 Å². The molecule has 0 saturated heterocycles. The van der Waals surface area contributed by atoms with E-state index in [9.17, 15) is 10.2 Å². The minimum absolute atomic E-state index is 0.0739. The third-order valence-corrected chi connectivity index (χ3v) is 5.13. The summed E-state index contributed by atoms with van der Waals surface area (Å²) in [6, 6.07) is 0. The van der Waals surface area contributed by atoms with E-state index in [4.69, 9.17) is 20.4 Å². The maximum atomic E-state index is 9.37. The van der Waals surface area contributed by atoms with Gasteiger partial charge in [-0.05, 0) is 39.0 Å². The first-order valence-corrected chi connectivity index (χ1v) is 11.2. The zero-order valence-corrected chi connectivity index (χ0v) is 18.6. The van der Waals surface area contributed by atoms with Crippen LogP contribution in [-0.2, 0) is 0 Å². The molecule has 0 spiro atoms. The third kappa shape index (κ3) is 16.3. The largest absolute Gasteiger partial charge is 0.395 e. The van der Waals surface area contributed by atoms with Crippen molar-refractivity contribution in [2.24, 2.45) is 0 Å². The minimum Gasteiger partial charge on any atom is -0.395 e. The predicted molar refractivity (Wildman–Crippen MR) is 118 cm³/mol. The molecule has 0 aliphatic carbocycles. The van der Waals surface area contributed by atoms with Crippen molar-refractivity contribution in [3.8, 4) is 0 Å². The standard InChI is InChI=1S/C20H46N4O6/c25-15-9-21(3-1-5-23(11-17-27)12-18-28)7-8-22(10-16-26)4-2-6-24(13-19-29)14-20-30/h25-30H,1-20H2. The van der Waals surface area contributed by atoms with Crippen LogP contribution < -0.4 is 0 Å². The van der Waals surface area contributed by atoms with Crippen LogP contribution in [0.2, 0.25) is 0 Å². The Bertz CT molecular complexity index is 313. The van der Waals surface area contributed by atoms with E-state index in [1.54, 1.807) is 0 Å². The number of hydrogen-bond acceptors (Lipinski definition) is 10. The molecule has 0 radical (unpaired) electrons. The molecule has 0 aromatic rings. The molecule has 0 amide bonds. The fourth-order valence-electron chi connectivity index (χ4n) is 3.51. The molecule has 0 aromatic heterocycles. The summed E-state index contributed by atoms with van der Waals surface area (Å²) in [4.78, 5) is 8.45. The molecule has 0 heterocycles. The highest BCUT2D eigenvalue weighted by molar-refractivity contribution is 4.67. The molecule has 10 nitrogen and oxygen atoms in total. The van der Waals surface area contributed by atoms with Gasteiger partial charge in [0.15, 0.2) is 0 Å². The lowest BCUT2D eigenvalue weighted by atomic mass is 10.3. The first-order valence-electron chi connectivity index (χ1n) is 11.2. The first kappa shape index (κ1) is 29.6. The normalized spacial score (nSPS) is 12.2. The van der Waals surface area contributed by atoms with Crippen molar-refractivity contribution in [2.45, 2.75) is 12.8 Å². The zero-order chi connectivity index (χ0) is 22.5. The monoisotopic (exact) mass is 438 g/mol. The topological polar surface area (TPSA) is 134 Å². The van der Waals surface area contributed by atoms with Gasteiger partial charge in [-0.25, -0.2) is 0 Å². The number of rotatable bonds is 23. The summed E-state index contributed by atoms with van der Waals surface area (Å²) < 4.78 is 0. The van der Waals surface area contributed by atoms with Crippen LogP contribution in [0.4, 0.5) is 0 Å². The van der Waals surface area contributed by atoms with Crippen LogP contribution in [0.15, 0.2) is 0 Å². The van der Waals surface area contributed by atoms with Gasteiger partial charge in [-0.3, -0.25) is 19.6 Å². The Kier molecular flexibility index (Phi) is 21.5. The molecule has 0 aliphatic rings. The molecule has 0 saturated carbocycles. The van der Waals surface area contributed by atoms with Crippen LogP contribution in [0.1, 0.15) is 12.8 Å². The van der Waals surface area contributed by atoms with E-state index in [1.165, 1.54) is 0 Å². The maximum Gasteiger partial charge on any atom is 0.0558 e. The molecule has 0 aliphatic heterocycles. The second-order valence-corrected chi connectivity index (χ2v) is 7.42. The second-order valence-electron chi connectivity index (χ2n) is 7.42. The molecule has 0 atom stereocenters. The van der Waals surface area contributed by atoms with Gasteiger partial charge in [-0.15, -0.1) is 0 Å². The van der Waals surface area contributed by atoms with Crippen molar-refractivity contribution in [1.29, 1.82) is 0 Å². The lowest BCUT2D eigenvalue weighted by Gasteiger charge is -2.28. The van der Waals surface area contributed by atoms with Gasteiger partial charge in [-0.2, -0.15) is 0 Å². The number of aliphatic hydroxyl groups excluding tert-OH is 6. The van der Waals surface area contributed by atoms with Gasteiger partial charge >= 0.3 is 0 Å². The van der Waals surface area contributed by atoms with E-state index in [1.807, 2.05) is 9.80 Å². The summed E-state index contributed by atoms with van der Waals surface area (Å²) in [7, 11) is 0. The summed E-state index contributed by atoms with van der Waals surface area (Å²) >= 11 is 0. The fraction of sp³-hybridized carbons (Fsp3) is 1.00. The van der Waals surface area contributed by atoms with Gasteiger partial charge in [0.05, 0.1) is 39.6 Å². The van der Waals surface area contributed by atoms with Crippen molar-refractivity contribution in [2.75, 3.05) is 118 Å². The first-order chi connectivity index (χ1) is 14.6. The van der Waals surface area contributed by atoms with Crippen LogP contribution in [0.5, 0.6) is 0 Å². The van der Waals surface area contributed by atoms with E-state index in [-0.39, 0.29) is 39.6 Å². The summed E-state index contributed by atoms with van der Waals surface area (Å²) in [6.07, 6.45) is 1.77. The molecule has 0 fully saturated rings. The molecule has 6 N–H and O–H groups in total. The highest BCUT2D eigenvalue weighted by Gasteiger charge is 2.11. The van der Waals surface area contributed by atoms with Gasteiger partial charge in [0.25, 0.3) is 0 Å². The maximum absolute atomic E-state index is 9.37. The third-order valence-electron chi connectivity index (χ3n) is 5.13. The highest BCUT2D eigenvalue weighted by Crippen LogP contribution is 2.00. The number of aliphatic hydroxyl groups is 6. The molecule has 30 heavy (non-hydrogen) atoms. The summed E-state index contributed by atoms with van der Waals surface area (Å²) in [5, 5.41) is 55.1. The summed E-state index contributed by atoms with van der Waals surface area (Å²) in [6.45, 7) is 8.65. The van der Waals surface area contributed by atoms with Crippen molar-refractivity contribution in [1.82, 2.24) is 19.6 Å². The SMILES string of the molecule is OCCN(CCO)CCCN(CCO)CCN(CCO)CCCN(CCO)CCO. The molecule has 0 aromatic carbocycles. The molecule has 10 heteroatoms. The average Bonchev–Trinajstić information content (AvgIpc) is 2.72. The van der Waals surface area contributed by atoms with Crippen molar-refractivity contribution < 1.29 is 30.6 Å². The molecule has 0 rings (SSSR count). The van der Waals surface area contributed by atoms with E-state index in [0.717, 1.165) is 52.1 Å². The Balaban J connectivity index is 4.36. The minimum atomic E-state index is 0.0739. The fourth-order valence-corrected chi connectivity index (χ4v) is 3.51. The van der Waals surface area contributed by atoms with Gasteiger partial charge in [0.1, 0.15) is 0 Å². The van der Waals surface area contributed by atoms with E-state index >= 15 is 0 Å². The Hall–Kier alpha value is -0.400. The van der Waals surface area contributed by atoms with Gasteiger partial charge in [0.2, 0.25) is 0 Å². The molecule has 182 valence electrons. The zero-order valence-electron chi connectivity index (χ0n) is 18.6. The number of hydrogen-bond donors (Lipinski definition) is 6. The van der Waals surface area contributed by atoms with Crippen LogP contribution in [0.3, 0.4) is 0 Å². The molecular weight excluding hydrogens is 392 g/mol. The van der Waals surface area contributed by atoms with Gasteiger partial charge in [-0.1, -0.05) is 0 Å². The van der Waals surface area contributed by atoms with Crippen LogP contribution in [-0.4, -0.2) is 168 Å². The average molecular weight is 439 g/mol. The Labute approximate surface area is 181 Å². The lowest BCUT2D eigenvalue weighted by molar-refractivity contribution is 0.128. The van der Waals surface area contributed by atoms with Crippen LogP contribution >= 0.6 is 0 Å². The van der Waals surface area contributed by atoms with Gasteiger partial charge < -0.3 is 30.6 Å². The Morgan fingerprint density at radius 1 is 0.267 bits per heavy atom. The lowest BCUT2D eigenvalue weighted by Crippen LogP contribution is -2.40. The molecule has 0 bridgehead atoms. The highest BCUT2D eigenvalue weighted by atomic mass is 16.3. The molecule has 0 unspecified atom stereocenters. The smallest absolute Gasteiger partial charge is 0.0558 e. The summed E-state index contributed by atoms with van der Waals surface area (Å²) in [5.74, 6) is 0.